The first kappa shape index (κ1) is 18.0. The summed E-state index contributed by atoms with van der Waals surface area (Å²) in [6, 6.07) is 0.955. The summed E-state index contributed by atoms with van der Waals surface area (Å²) in [5.74, 6) is -2.84. The summed E-state index contributed by atoms with van der Waals surface area (Å²) in [7, 11) is 0. The van der Waals surface area contributed by atoms with Crippen LogP contribution in [0.25, 0.3) is 0 Å². The minimum Gasteiger partial charge on any atom is -0.480 e. The van der Waals surface area contributed by atoms with Gasteiger partial charge in [-0.25, -0.2) is 18.4 Å². The molecule has 1 aromatic carbocycles. The minimum atomic E-state index is -1.88. The van der Waals surface area contributed by atoms with Gasteiger partial charge >= 0.3 is 5.97 Å². The van der Waals surface area contributed by atoms with Crippen molar-refractivity contribution in [2.45, 2.75) is 38.1 Å². The number of carbonyl (C=O) groups is 1. The second-order valence-electron chi connectivity index (χ2n) is 5.59. The van der Waals surface area contributed by atoms with E-state index in [9.17, 15) is 18.7 Å². The third-order valence-electron chi connectivity index (χ3n) is 3.85. The number of nitrogens with zero attached hydrogens (tertiary/aromatic N) is 3. The van der Waals surface area contributed by atoms with Gasteiger partial charge in [-0.3, -0.25) is 10.1 Å². The molecule has 0 bridgehead atoms. The SMILES string of the molecule is CC(N[C@H](C)C(=O)O)[C@](O)(Cn1cncn1)c1ccc(F)cc1F. The van der Waals surface area contributed by atoms with E-state index in [1.165, 1.54) is 31.2 Å². The highest BCUT2D eigenvalue weighted by atomic mass is 19.1. The van der Waals surface area contributed by atoms with Gasteiger partial charge in [-0.1, -0.05) is 6.07 Å². The number of aliphatic hydroxyl groups is 1. The van der Waals surface area contributed by atoms with Gasteiger partial charge in [-0.15, -0.1) is 0 Å². The van der Waals surface area contributed by atoms with E-state index in [1.54, 1.807) is 0 Å². The molecule has 0 spiro atoms. The molecule has 7 nitrogen and oxygen atoms in total. The molecule has 3 N–H and O–H groups in total. The van der Waals surface area contributed by atoms with Crippen LogP contribution in [0.3, 0.4) is 0 Å². The molecule has 0 saturated carbocycles. The molecule has 1 aromatic heterocycles. The second kappa shape index (κ2) is 7.02. The van der Waals surface area contributed by atoms with Gasteiger partial charge < -0.3 is 10.2 Å². The predicted octanol–water partition coefficient (Wildman–Crippen LogP) is 0.895. The first-order chi connectivity index (χ1) is 11.2. The molecule has 130 valence electrons. The molecule has 2 aromatic rings. The van der Waals surface area contributed by atoms with Crippen molar-refractivity contribution in [2.24, 2.45) is 0 Å². The normalized spacial score (nSPS) is 16.4. The fourth-order valence-corrected chi connectivity index (χ4v) is 2.44. The summed E-state index contributed by atoms with van der Waals surface area (Å²) in [5, 5.41) is 26.7. The summed E-state index contributed by atoms with van der Waals surface area (Å²) >= 11 is 0. The standard InChI is InChI=1S/C15H18F2N4O3/c1-9(14(22)23)20-10(2)15(24,6-21-8-18-7-19-21)12-4-3-11(16)5-13(12)17/h3-5,7-10,20,24H,6H2,1-2H3,(H,22,23)/t9-,10?,15-/m1/s1. The molecule has 24 heavy (non-hydrogen) atoms. The van der Waals surface area contributed by atoms with Crippen molar-refractivity contribution < 1.29 is 23.8 Å². The average Bonchev–Trinajstić information content (AvgIpc) is 2.99. The van der Waals surface area contributed by atoms with Crippen LogP contribution in [0.15, 0.2) is 30.9 Å². The maximum atomic E-state index is 14.2. The Balaban J connectivity index is 2.42. The van der Waals surface area contributed by atoms with E-state index in [0.29, 0.717) is 6.07 Å². The molecule has 9 heteroatoms. The Morgan fingerprint density at radius 2 is 2.12 bits per heavy atom. The van der Waals surface area contributed by atoms with Gasteiger partial charge in [0.05, 0.1) is 6.54 Å². The topological polar surface area (TPSA) is 100 Å². The lowest BCUT2D eigenvalue weighted by atomic mass is 9.86. The molecule has 1 heterocycles. The monoisotopic (exact) mass is 340 g/mol. The summed E-state index contributed by atoms with van der Waals surface area (Å²) in [6.45, 7) is 2.71. The highest BCUT2D eigenvalue weighted by Crippen LogP contribution is 2.30. The number of benzene rings is 1. The zero-order chi connectivity index (χ0) is 17.9. The van der Waals surface area contributed by atoms with Crippen molar-refractivity contribution in [3.63, 3.8) is 0 Å². The van der Waals surface area contributed by atoms with Gasteiger partial charge in [0.15, 0.2) is 0 Å². The molecule has 0 aliphatic carbocycles. The van der Waals surface area contributed by atoms with Crippen LogP contribution in [0, 0.1) is 11.6 Å². The van der Waals surface area contributed by atoms with Crippen LogP contribution < -0.4 is 5.32 Å². The van der Waals surface area contributed by atoms with E-state index >= 15 is 0 Å². The lowest BCUT2D eigenvalue weighted by Gasteiger charge is -2.36. The lowest BCUT2D eigenvalue weighted by Crippen LogP contribution is -2.54. The van der Waals surface area contributed by atoms with Crippen LogP contribution in [0.1, 0.15) is 19.4 Å². The summed E-state index contributed by atoms with van der Waals surface area (Å²) < 4.78 is 28.7. The second-order valence-corrected chi connectivity index (χ2v) is 5.59. The number of aliphatic carboxylic acids is 1. The number of carboxylic acids is 1. The van der Waals surface area contributed by atoms with Gasteiger partial charge in [-0.2, -0.15) is 5.10 Å². The minimum absolute atomic E-state index is 0.169. The van der Waals surface area contributed by atoms with E-state index in [1.807, 2.05) is 0 Å². The molecule has 0 saturated heterocycles. The highest BCUT2D eigenvalue weighted by Gasteiger charge is 2.40. The molecule has 0 aliphatic heterocycles. The summed E-state index contributed by atoms with van der Waals surface area (Å²) in [4.78, 5) is 14.8. The number of rotatable bonds is 7. The van der Waals surface area contributed by atoms with Gasteiger partial charge in [-0.05, 0) is 19.9 Å². The van der Waals surface area contributed by atoms with E-state index < -0.39 is 35.3 Å². The lowest BCUT2D eigenvalue weighted by molar-refractivity contribution is -0.139. The van der Waals surface area contributed by atoms with Crippen molar-refractivity contribution in [3.8, 4) is 0 Å². The fraction of sp³-hybridized carbons (Fsp3) is 0.400. The van der Waals surface area contributed by atoms with Crippen LogP contribution in [-0.2, 0) is 16.9 Å². The third kappa shape index (κ3) is 3.74. The zero-order valence-corrected chi connectivity index (χ0v) is 13.1. The summed E-state index contributed by atoms with van der Waals surface area (Å²) in [6.07, 6.45) is 2.58. The van der Waals surface area contributed by atoms with Gasteiger partial charge in [0.25, 0.3) is 0 Å². The summed E-state index contributed by atoms with van der Waals surface area (Å²) in [5.41, 5.74) is -2.05. The quantitative estimate of drug-likeness (QED) is 0.692. The van der Waals surface area contributed by atoms with Crippen LogP contribution in [-0.4, -0.2) is 43.0 Å². The molecule has 1 unspecified atom stereocenters. The van der Waals surface area contributed by atoms with Crippen molar-refractivity contribution >= 4 is 5.97 Å². The van der Waals surface area contributed by atoms with Crippen molar-refractivity contribution in [1.82, 2.24) is 20.1 Å². The predicted molar refractivity (Wildman–Crippen MR) is 80.0 cm³/mol. The molecular weight excluding hydrogens is 322 g/mol. The van der Waals surface area contributed by atoms with Gasteiger partial charge in [0.1, 0.15) is 35.9 Å². The molecule has 0 fully saturated rings. The van der Waals surface area contributed by atoms with Crippen molar-refractivity contribution in [1.29, 1.82) is 0 Å². The van der Waals surface area contributed by atoms with Crippen LogP contribution in [0.2, 0.25) is 0 Å². The molecule has 0 amide bonds. The van der Waals surface area contributed by atoms with E-state index in [-0.39, 0.29) is 12.1 Å². The van der Waals surface area contributed by atoms with Crippen molar-refractivity contribution in [2.75, 3.05) is 0 Å². The van der Waals surface area contributed by atoms with Gasteiger partial charge in [0.2, 0.25) is 0 Å². The number of hydrogen-bond acceptors (Lipinski definition) is 5. The van der Waals surface area contributed by atoms with E-state index in [2.05, 4.69) is 15.4 Å². The number of hydrogen-bond donors (Lipinski definition) is 3. The van der Waals surface area contributed by atoms with Crippen LogP contribution in [0.4, 0.5) is 8.78 Å². The Bertz CT molecular complexity index is 711. The Morgan fingerprint density at radius 3 is 2.67 bits per heavy atom. The smallest absolute Gasteiger partial charge is 0.320 e. The number of aromatic nitrogens is 3. The van der Waals surface area contributed by atoms with Crippen LogP contribution in [0.5, 0.6) is 0 Å². The Morgan fingerprint density at radius 1 is 1.42 bits per heavy atom. The molecule has 0 aliphatic rings. The largest absolute Gasteiger partial charge is 0.480 e. The van der Waals surface area contributed by atoms with E-state index in [4.69, 9.17) is 5.11 Å². The molecule has 3 atom stereocenters. The zero-order valence-electron chi connectivity index (χ0n) is 13.1. The van der Waals surface area contributed by atoms with Crippen LogP contribution >= 0.6 is 0 Å². The number of carboxylic acid groups (broad SMARTS) is 1. The fourth-order valence-electron chi connectivity index (χ4n) is 2.44. The molecule has 0 radical (unpaired) electrons. The van der Waals surface area contributed by atoms with Gasteiger partial charge in [0, 0.05) is 17.7 Å². The van der Waals surface area contributed by atoms with Crippen molar-refractivity contribution in [3.05, 3.63) is 48.1 Å². The average molecular weight is 340 g/mol. The molecular formula is C15H18F2N4O3. The van der Waals surface area contributed by atoms with E-state index in [0.717, 1.165) is 12.1 Å². The Labute approximate surface area is 137 Å². The Kier molecular flexibility index (Phi) is 5.25. The number of nitrogens with one attached hydrogen (secondary N) is 1. The Hall–Kier alpha value is -2.39. The first-order valence-electron chi connectivity index (χ1n) is 7.23. The third-order valence-corrected chi connectivity index (χ3v) is 3.85. The maximum Gasteiger partial charge on any atom is 0.320 e. The maximum absolute atomic E-state index is 14.2. The first-order valence-corrected chi connectivity index (χ1v) is 7.23. The number of halogens is 2. The molecule has 2 rings (SSSR count). The highest BCUT2D eigenvalue weighted by molar-refractivity contribution is 5.72.